The van der Waals surface area contributed by atoms with Gasteiger partial charge < -0.3 is 14.7 Å². The lowest BCUT2D eigenvalue weighted by Crippen LogP contribution is -2.62. The molecule has 0 aromatic heterocycles. The van der Waals surface area contributed by atoms with E-state index in [2.05, 4.69) is 6.07 Å². The first-order chi connectivity index (χ1) is 11.8. The Balaban J connectivity index is 1.73. The van der Waals surface area contributed by atoms with Gasteiger partial charge in [-0.1, -0.05) is 18.9 Å². The molecule has 25 heavy (non-hydrogen) atoms. The maximum atomic E-state index is 12.8. The summed E-state index contributed by atoms with van der Waals surface area (Å²) in [6.07, 6.45) is 6.50. The normalized spacial score (nSPS) is 31.1. The summed E-state index contributed by atoms with van der Waals surface area (Å²) in [7, 11) is 0. The second-order valence-electron chi connectivity index (χ2n) is 9.05. The second-order valence-corrected chi connectivity index (χ2v) is 9.05. The van der Waals surface area contributed by atoms with Gasteiger partial charge in [-0.3, -0.25) is 0 Å². The van der Waals surface area contributed by atoms with Crippen LogP contribution in [-0.2, 0) is 16.6 Å². The number of hydrogen-bond acceptors (Lipinski definition) is 3. The van der Waals surface area contributed by atoms with Gasteiger partial charge in [-0.2, -0.15) is 0 Å². The first-order valence-electron chi connectivity index (χ1n) is 9.62. The fourth-order valence-electron chi connectivity index (χ4n) is 5.54. The summed E-state index contributed by atoms with van der Waals surface area (Å²) in [5.41, 5.74) is 2.32. The van der Waals surface area contributed by atoms with Gasteiger partial charge in [0.05, 0.1) is 0 Å². The molecule has 1 aromatic rings. The number of phenolic OH excluding ortho intramolecular Hbond substituents is 1. The maximum absolute atomic E-state index is 12.8. The second kappa shape index (κ2) is 5.65. The minimum absolute atomic E-state index is 0.133. The number of carbonyl (C=O) groups is 1. The van der Waals surface area contributed by atoms with Crippen molar-refractivity contribution in [3.05, 3.63) is 29.3 Å². The quantitative estimate of drug-likeness (QED) is 0.760. The number of carbonyl (C=O) groups excluding carboxylic acids is 1. The van der Waals surface area contributed by atoms with Crippen molar-refractivity contribution >= 4 is 6.09 Å². The van der Waals surface area contributed by atoms with Crippen LogP contribution in [0.1, 0.15) is 64.0 Å². The van der Waals surface area contributed by atoms with E-state index in [0.717, 1.165) is 19.4 Å². The van der Waals surface area contributed by atoms with E-state index >= 15 is 0 Å². The molecule has 136 valence electrons. The summed E-state index contributed by atoms with van der Waals surface area (Å²) >= 11 is 0. The lowest BCUT2D eigenvalue weighted by molar-refractivity contribution is -0.0349. The Labute approximate surface area is 150 Å². The Kier molecular flexibility index (Phi) is 3.78. The molecule has 1 amide bonds. The number of likely N-dealkylation sites (tertiary alicyclic amines) is 1. The molecule has 1 N–H and O–H groups in total. The number of amides is 1. The molecule has 3 unspecified atom stereocenters. The van der Waals surface area contributed by atoms with Crippen LogP contribution in [0.3, 0.4) is 0 Å². The van der Waals surface area contributed by atoms with Crippen LogP contribution in [0.5, 0.6) is 5.75 Å². The molecule has 3 atom stereocenters. The van der Waals surface area contributed by atoms with E-state index in [1.54, 1.807) is 6.07 Å². The summed E-state index contributed by atoms with van der Waals surface area (Å²) in [5.74, 6) is 0.849. The average Bonchev–Trinajstić information content (AvgIpc) is 2.54. The molecule has 1 saturated heterocycles. The first-order valence-corrected chi connectivity index (χ1v) is 9.62. The molecule has 2 aliphatic carbocycles. The van der Waals surface area contributed by atoms with Crippen molar-refractivity contribution in [2.75, 3.05) is 6.54 Å². The van der Waals surface area contributed by atoms with Crippen LogP contribution in [0.2, 0.25) is 0 Å². The number of phenols is 1. The molecule has 2 bridgehead atoms. The molecule has 1 saturated carbocycles. The predicted molar refractivity (Wildman–Crippen MR) is 96.8 cm³/mol. The lowest BCUT2D eigenvalue weighted by Gasteiger charge is -2.58. The van der Waals surface area contributed by atoms with E-state index in [9.17, 15) is 9.90 Å². The number of piperidine rings is 1. The van der Waals surface area contributed by atoms with Gasteiger partial charge in [0, 0.05) is 18.0 Å². The molecule has 2 fully saturated rings. The van der Waals surface area contributed by atoms with E-state index in [-0.39, 0.29) is 17.6 Å². The predicted octanol–water partition coefficient (Wildman–Crippen LogP) is 4.39. The van der Waals surface area contributed by atoms with Gasteiger partial charge in [0.25, 0.3) is 0 Å². The van der Waals surface area contributed by atoms with Crippen molar-refractivity contribution in [2.24, 2.45) is 5.92 Å². The van der Waals surface area contributed by atoms with Gasteiger partial charge in [-0.25, -0.2) is 4.79 Å². The van der Waals surface area contributed by atoms with Crippen LogP contribution < -0.4 is 0 Å². The van der Waals surface area contributed by atoms with Crippen LogP contribution in [0.15, 0.2) is 18.2 Å². The third-order valence-electron chi connectivity index (χ3n) is 6.45. The largest absolute Gasteiger partial charge is 0.508 e. The van der Waals surface area contributed by atoms with Crippen LogP contribution >= 0.6 is 0 Å². The zero-order valence-corrected chi connectivity index (χ0v) is 15.5. The smallest absolute Gasteiger partial charge is 0.410 e. The van der Waals surface area contributed by atoms with Gasteiger partial charge in [0.15, 0.2) is 0 Å². The van der Waals surface area contributed by atoms with Crippen molar-refractivity contribution in [2.45, 2.75) is 76.4 Å². The van der Waals surface area contributed by atoms with Gasteiger partial charge in [0.2, 0.25) is 0 Å². The SMILES string of the molecule is CC(C)(C)OC(=O)N1CCC23CCCCC2C1Cc1ccc(O)cc13. The monoisotopic (exact) mass is 343 g/mol. The summed E-state index contributed by atoms with van der Waals surface area (Å²) in [4.78, 5) is 14.8. The minimum atomic E-state index is -0.462. The Morgan fingerprint density at radius 1 is 1.28 bits per heavy atom. The van der Waals surface area contributed by atoms with Crippen molar-refractivity contribution in [3.63, 3.8) is 0 Å². The molecule has 1 aliphatic heterocycles. The Morgan fingerprint density at radius 2 is 2.08 bits per heavy atom. The van der Waals surface area contributed by atoms with E-state index in [0.29, 0.717) is 11.7 Å². The molecule has 1 aromatic carbocycles. The van der Waals surface area contributed by atoms with Crippen molar-refractivity contribution < 1.29 is 14.6 Å². The van der Waals surface area contributed by atoms with Gasteiger partial charge >= 0.3 is 6.09 Å². The van der Waals surface area contributed by atoms with Crippen LogP contribution in [-0.4, -0.2) is 34.3 Å². The van der Waals surface area contributed by atoms with Crippen LogP contribution in [0, 0.1) is 5.92 Å². The van der Waals surface area contributed by atoms with Gasteiger partial charge in [-0.15, -0.1) is 0 Å². The number of aromatic hydroxyl groups is 1. The van der Waals surface area contributed by atoms with E-state index in [1.165, 1.54) is 36.8 Å². The molecule has 4 heteroatoms. The molecule has 4 rings (SSSR count). The zero-order chi connectivity index (χ0) is 17.8. The van der Waals surface area contributed by atoms with Crippen LogP contribution in [0.25, 0.3) is 0 Å². The highest BCUT2D eigenvalue weighted by Gasteiger charge is 2.55. The lowest BCUT2D eigenvalue weighted by atomic mass is 9.52. The minimum Gasteiger partial charge on any atom is -0.508 e. The van der Waals surface area contributed by atoms with Crippen molar-refractivity contribution in [3.8, 4) is 5.75 Å². The van der Waals surface area contributed by atoms with E-state index in [1.807, 2.05) is 31.7 Å². The summed E-state index contributed by atoms with van der Waals surface area (Å²) in [6.45, 7) is 6.54. The third-order valence-corrected chi connectivity index (χ3v) is 6.45. The van der Waals surface area contributed by atoms with Crippen molar-refractivity contribution in [1.29, 1.82) is 0 Å². The Hall–Kier alpha value is -1.71. The molecular formula is C21H29NO3. The summed E-state index contributed by atoms with van der Waals surface area (Å²) in [5, 5.41) is 10.1. The topological polar surface area (TPSA) is 49.8 Å². The highest BCUT2D eigenvalue weighted by atomic mass is 16.6. The number of benzene rings is 1. The number of fused-ring (bicyclic) bond motifs is 1. The Morgan fingerprint density at radius 3 is 2.84 bits per heavy atom. The standard InChI is InChI=1S/C21H29NO3/c1-20(2,3)25-19(24)22-11-10-21-9-5-4-6-16(21)18(22)12-14-7-8-15(23)13-17(14)21/h7-8,13,16,18,23H,4-6,9-12H2,1-3H3. The van der Waals surface area contributed by atoms with E-state index < -0.39 is 5.60 Å². The van der Waals surface area contributed by atoms with Crippen LogP contribution in [0.4, 0.5) is 4.79 Å². The fraction of sp³-hybridized carbons (Fsp3) is 0.667. The summed E-state index contributed by atoms with van der Waals surface area (Å²) < 4.78 is 5.70. The molecular weight excluding hydrogens is 314 g/mol. The average molecular weight is 343 g/mol. The zero-order valence-electron chi connectivity index (χ0n) is 15.5. The number of nitrogens with zero attached hydrogens (tertiary/aromatic N) is 1. The van der Waals surface area contributed by atoms with Gasteiger partial charge in [-0.05, 0) is 75.6 Å². The fourth-order valence-corrected chi connectivity index (χ4v) is 5.54. The molecule has 0 spiro atoms. The first kappa shape index (κ1) is 16.7. The molecule has 0 radical (unpaired) electrons. The van der Waals surface area contributed by atoms with Crippen molar-refractivity contribution in [1.82, 2.24) is 4.90 Å². The molecule has 3 aliphatic rings. The third kappa shape index (κ3) is 2.70. The number of rotatable bonds is 0. The Bertz CT molecular complexity index is 693. The number of ether oxygens (including phenoxy) is 1. The molecule has 1 heterocycles. The molecule has 4 nitrogen and oxygen atoms in total. The number of hydrogen-bond donors (Lipinski definition) is 1. The van der Waals surface area contributed by atoms with E-state index in [4.69, 9.17) is 4.74 Å². The maximum Gasteiger partial charge on any atom is 0.410 e. The van der Waals surface area contributed by atoms with Gasteiger partial charge in [0.1, 0.15) is 11.4 Å². The summed E-state index contributed by atoms with van der Waals surface area (Å²) in [6, 6.07) is 6.06. The highest BCUT2D eigenvalue weighted by molar-refractivity contribution is 5.69. The highest BCUT2D eigenvalue weighted by Crippen LogP contribution is 2.56.